The molecule has 0 atom stereocenters. The first-order chi connectivity index (χ1) is 13.2. The molecule has 0 unspecified atom stereocenters. The van der Waals surface area contributed by atoms with Gasteiger partial charge in [-0.1, -0.05) is 0 Å². The molecule has 0 saturated carbocycles. The van der Waals surface area contributed by atoms with Gasteiger partial charge in [0, 0.05) is 51.9 Å². The predicted octanol–water partition coefficient (Wildman–Crippen LogP) is 1.91. The van der Waals surface area contributed by atoms with Gasteiger partial charge in [-0.3, -0.25) is 4.90 Å². The zero-order chi connectivity index (χ0) is 18.6. The van der Waals surface area contributed by atoms with Crippen molar-refractivity contribution < 1.29 is 13.5 Å². The minimum atomic E-state index is -0.528. The van der Waals surface area contributed by atoms with E-state index in [4.69, 9.17) is 4.74 Å². The molecule has 1 aromatic carbocycles. The first-order valence-corrected chi connectivity index (χ1v) is 9.26. The monoisotopic (exact) mass is 375 g/mol. The van der Waals surface area contributed by atoms with Crippen LogP contribution in [0.2, 0.25) is 0 Å². The van der Waals surface area contributed by atoms with E-state index in [1.807, 2.05) is 12.1 Å². The van der Waals surface area contributed by atoms with Crippen molar-refractivity contribution in [3.63, 3.8) is 0 Å². The smallest absolute Gasteiger partial charge is 0.151 e. The number of morpholine rings is 1. The van der Waals surface area contributed by atoms with E-state index >= 15 is 0 Å². The molecule has 2 aliphatic heterocycles. The quantitative estimate of drug-likeness (QED) is 0.814. The Balaban J connectivity index is 1.32. The van der Waals surface area contributed by atoms with Crippen LogP contribution in [0.3, 0.4) is 0 Å². The second kappa shape index (κ2) is 8.14. The van der Waals surface area contributed by atoms with Crippen LogP contribution in [0.4, 0.5) is 20.4 Å². The van der Waals surface area contributed by atoms with Gasteiger partial charge in [0.1, 0.15) is 11.6 Å². The zero-order valence-corrected chi connectivity index (χ0v) is 15.2. The van der Waals surface area contributed by atoms with Gasteiger partial charge in [0.25, 0.3) is 0 Å². The summed E-state index contributed by atoms with van der Waals surface area (Å²) in [6, 6.07) is 7.71. The highest BCUT2D eigenvalue weighted by molar-refractivity contribution is 5.45. The standard InChI is InChI=1S/C19H23F2N5O/c20-16-11-15(12-17(21)13-16)14-24-3-5-25(6-4-24)18-1-2-19(23-22-18)26-7-9-27-10-8-26/h1-2,11-13H,3-10,14H2. The van der Waals surface area contributed by atoms with Crippen LogP contribution >= 0.6 is 0 Å². The number of piperazine rings is 1. The molecule has 0 N–H and O–H groups in total. The maximum absolute atomic E-state index is 13.3. The minimum Gasteiger partial charge on any atom is -0.378 e. The zero-order valence-electron chi connectivity index (χ0n) is 15.2. The molecular weight excluding hydrogens is 352 g/mol. The number of halogens is 2. The lowest BCUT2D eigenvalue weighted by atomic mass is 10.2. The van der Waals surface area contributed by atoms with Crippen molar-refractivity contribution in [3.8, 4) is 0 Å². The molecule has 144 valence electrons. The summed E-state index contributed by atoms with van der Waals surface area (Å²) in [7, 11) is 0. The minimum absolute atomic E-state index is 0.528. The highest BCUT2D eigenvalue weighted by atomic mass is 19.1. The van der Waals surface area contributed by atoms with Crippen molar-refractivity contribution in [2.24, 2.45) is 0 Å². The number of rotatable bonds is 4. The third-order valence-electron chi connectivity index (χ3n) is 5.00. The summed E-state index contributed by atoms with van der Waals surface area (Å²) in [5.41, 5.74) is 0.663. The van der Waals surface area contributed by atoms with Crippen molar-refractivity contribution in [1.82, 2.24) is 15.1 Å². The maximum Gasteiger partial charge on any atom is 0.151 e. The lowest BCUT2D eigenvalue weighted by Crippen LogP contribution is -2.46. The molecule has 0 spiro atoms. The molecule has 0 amide bonds. The molecule has 2 fully saturated rings. The third kappa shape index (κ3) is 4.51. The second-order valence-corrected chi connectivity index (χ2v) is 6.89. The Morgan fingerprint density at radius 3 is 1.89 bits per heavy atom. The molecule has 4 rings (SSSR count). The first kappa shape index (κ1) is 18.1. The number of hydrogen-bond acceptors (Lipinski definition) is 6. The Bertz CT molecular complexity index is 739. The van der Waals surface area contributed by atoms with Crippen LogP contribution in [-0.2, 0) is 11.3 Å². The SMILES string of the molecule is Fc1cc(F)cc(CN2CCN(c3ccc(N4CCOCC4)nn3)CC2)c1. The molecule has 27 heavy (non-hydrogen) atoms. The molecule has 0 aliphatic carbocycles. The van der Waals surface area contributed by atoms with E-state index in [-0.39, 0.29) is 0 Å². The van der Waals surface area contributed by atoms with Crippen molar-refractivity contribution in [1.29, 1.82) is 0 Å². The molecule has 8 heteroatoms. The summed E-state index contributed by atoms with van der Waals surface area (Å²) >= 11 is 0. The third-order valence-corrected chi connectivity index (χ3v) is 5.00. The fraction of sp³-hybridized carbons (Fsp3) is 0.474. The van der Waals surface area contributed by atoms with Gasteiger partial charge in [-0.25, -0.2) is 8.78 Å². The Labute approximate surface area is 157 Å². The second-order valence-electron chi connectivity index (χ2n) is 6.89. The Hall–Kier alpha value is -2.32. The molecule has 2 aliphatic rings. The molecule has 6 nitrogen and oxygen atoms in total. The Kier molecular flexibility index (Phi) is 5.45. The van der Waals surface area contributed by atoms with Gasteiger partial charge < -0.3 is 14.5 Å². The van der Waals surface area contributed by atoms with Gasteiger partial charge >= 0.3 is 0 Å². The van der Waals surface area contributed by atoms with Crippen molar-refractivity contribution in [2.45, 2.75) is 6.54 Å². The summed E-state index contributed by atoms with van der Waals surface area (Å²) in [6.07, 6.45) is 0. The number of ether oxygens (including phenoxy) is 1. The van der Waals surface area contributed by atoms with E-state index in [1.54, 1.807) is 0 Å². The maximum atomic E-state index is 13.3. The number of anilines is 2. The topological polar surface area (TPSA) is 44.7 Å². The van der Waals surface area contributed by atoms with E-state index in [1.165, 1.54) is 12.1 Å². The van der Waals surface area contributed by atoms with Crippen molar-refractivity contribution in [2.75, 3.05) is 62.3 Å². The van der Waals surface area contributed by atoms with Gasteiger partial charge in [-0.2, -0.15) is 0 Å². The molecule has 3 heterocycles. The van der Waals surface area contributed by atoms with Crippen LogP contribution in [0.25, 0.3) is 0 Å². The number of benzene rings is 1. The van der Waals surface area contributed by atoms with E-state index in [0.717, 1.165) is 70.2 Å². The summed E-state index contributed by atoms with van der Waals surface area (Å²) in [5, 5.41) is 8.75. The average Bonchev–Trinajstić information content (AvgIpc) is 2.69. The molecule has 0 radical (unpaired) electrons. The molecule has 2 aromatic rings. The lowest BCUT2D eigenvalue weighted by molar-refractivity contribution is 0.122. The van der Waals surface area contributed by atoms with Crippen LogP contribution < -0.4 is 9.80 Å². The lowest BCUT2D eigenvalue weighted by Gasteiger charge is -2.35. The van der Waals surface area contributed by atoms with Crippen LogP contribution in [-0.4, -0.2) is 67.6 Å². The van der Waals surface area contributed by atoms with Crippen LogP contribution in [0, 0.1) is 11.6 Å². The van der Waals surface area contributed by atoms with Gasteiger partial charge in [0.05, 0.1) is 13.2 Å². The highest BCUT2D eigenvalue weighted by Gasteiger charge is 2.20. The van der Waals surface area contributed by atoms with Gasteiger partial charge in [-0.05, 0) is 29.8 Å². The summed E-state index contributed by atoms with van der Waals surface area (Å²) in [4.78, 5) is 6.56. The summed E-state index contributed by atoms with van der Waals surface area (Å²) < 4.78 is 32.0. The van der Waals surface area contributed by atoms with Crippen molar-refractivity contribution in [3.05, 3.63) is 47.5 Å². The first-order valence-electron chi connectivity index (χ1n) is 9.26. The van der Waals surface area contributed by atoms with Crippen LogP contribution in [0.1, 0.15) is 5.56 Å². The fourth-order valence-electron chi connectivity index (χ4n) is 3.54. The number of aromatic nitrogens is 2. The Morgan fingerprint density at radius 1 is 0.778 bits per heavy atom. The molecule has 2 saturated heterocycles. The van der Waals surface area contributed by atoms with E-state index in [0.29, 0.717) is 12.1 Å². The van der Waals surface area contributed by atoms with Crippen LogP contribution in [0.15, 0.2) is 30.3 Å². The summed E-state index contributed by atoms with van der Waals surface area (Å²) in [6.45, 7) is 6.91. The fourth-order valence-corrected chi connectivity index (χ4v) is 3.54. The number of hydrogen-bond donors (Lipinski definition) is 0. The molecule has 1 aromatic heterocycles. The van der Waals surface area contributed by atoms with Crippen LogP contribution in [0.5, 0.6) is 0 Å². The van der Waals surface area contributed by atoms with Gasteiger partial charge in [0.15, 0.2) is 11.6 Å². The molecular formula is C19H23F2N5O. The normalized spacial score (nSPS) is 18.7. The summed E-state index contributed by atoms with van der Waals surface area (Å²) in [5.74, 6) is 0.691. The largest absolute Gasteiger partial charge is 0.378 e. The van der Waals surface area contributed by atoms with E-state index < -0.39 is 11.6 Å². The predicted molar refractivity (Wildman–Crippen MR) is 98.9 cm³/mol. The highest BCUT2D eigenvalue weighted by Crippen LogP contribution is 2.18. The van der Waals surface area contributed by atoms with Crippen molar-refractivity contribution >= 4 is 11.6 Å². The van der Waals surface area contributed by atoms with Gasteiger partial charge in [-0.15, -0.1) is 10.2 Å². The average molecular weight is 375 g/mol. The Morgan fingerprint density at radius 2 is 1.33 bits per heavy atom. The van der Waals surface area contributed by atoms with E-state index in [9.17, 15) is 8.78 Å². The van der Waals surface area contributed by atoms with E-state index in [2.05, 4.69) is 24.9 Å². The number of nitrogens with zero attached hydrogens (tertiary/aromatic N) is 5. The molecule has 0 bridgehead atoms. The van der Waals surface area contributed by atoms with Gasteiger partial charge in [0.2, 0.25) is 0 Å².